The highest BCUT2D eigenvalue weighted by atomic mass is 16.6. The third-order valence-electron chi connectivity index (χ3n) is 3.54. The maximum atomic E-state index is 11.6. The van der Waals surface area contributed by atoms with E-state index < -0.39 is 11.9 Å². The second-order valence-electron chi connectivity index (χ2n) is 5.01. The monoisotopic (exact) mass is 251 g/mol. The number of rotatable bonds is 0. The Morgan fingerprint density at radius 2 is 1.50 bits per heavy atom. The quantitative estimate of drug-likeness (QED) is 0.491. The van der Waals surface area contributed by atoms with Gasteiger partial charge in [-0.3, -0.25) is 9.69 Å². The summed E-state index contributed by atoms with van der Waals surface area (Å²) in [5, 5.41) is 0. The van der Waals surface area contributed by atoms with Gasteiger partial charge < -0.3 is 4.74 Å². The van der Waals surface area contributed by atoms with Gasteiger partial charge in [-0.1, -0.05) is 38.5 Å². The summed E-state index contributed by atoms with van der Waals surface area (Å²) in [5.74, 6) is -0.770. The molecule has 0 bridgehead atoms. The van der Waals surface area contributed by atoms with Crippen molar-refractivity contribution in [3.63, 3.8) is 0 Å². The topological polar surface area (TPSA) is 46.6 Å². The SMILES string of the molecule is O=C1OC2=CCCCCCCCCCCN2C1=O. The maximum absolute atomic E-state index is 11.6. The summed E-state index contributed by atoms with van der Waals surface area (Å²) in [6.45, 7) is 0.608. The van der Waals surface area contributed by atoms with Crippen LogP contribution in [0.1, 0.15) is 57.8 Å². The summed E-state index contributed by atoms with van der Waals surface area (Å²) in [4.78, 5) is 24.4. The van der Waals surface area contributed by atoms with E-state index in [1.54, 1.807) is 0 Å². The van der Waals surface area contributed by atoms with Crippen LogP contribution in [0.25, 0.3) is 0 Å². The highest BCUT2D eigenvalue weighted by molar-refractivity contribution is 6.34. The molecule has 4 heteroatoms. The van der Waals surface area contributed by atoms with Gasteiger partial charge in [0.05, 0.1) is 0 Å². The van der Waals surface area contributed by atoms with Crippen molar-refractivity contribution in [1.82, 2.24) is 4.90 Å². The molecule has 0 aromatic carbocycles. The normalized spacial score (nSPS) is 23.3. The molecule has 0 saturated carbocycles. The molecule has 0 aromatic rings. The van der Waals surface area contributed by atoms with Crippen LogP contribution in [-0.2, 0) is 14.3 Å². The molecule has 18 heavy (non-hydrogen) atoms. The van der Waals surface area contributed by atoms with Gasteiger partial charge in [-0.05, 0) is 25.3 Å². The molecule has 0 aliphatic carbocycles. The van der Waals surface area contributed by atoms with Gasteiger partial charge in [-0.2, -0.15) is 0 Å². The van der Waals surface area contributed by atoms with Crippen molar-refractivity contribution in [2.45, 2.75) is 57.8 Å². The summed E-state index contributed by atoms with van der Waals surface area (Å²) >= 11 is 0. The van der Waals surface area contributed by atoms with Crippen LogP contribution in [-0.4, -0.2) is 23.3 Å². The second kappa shape index (κ2) is 6.57. The number of carbonyl (C=O) groups excluding carboxylic acids is 2. The molecule has 100 valence electrons. The van der Waals surface area contributed by atoms with Crippen LogP contribution in [0.3, 0.4) is 0 Å². The van der Waals surface area contributed by atoms with Crippen LogP contribution in [0, 0.1) is 0 Å². The van der Waals surface area contributed by atoms with E-state index in [2.05, 4.69) is 0 Å². The molecule has 1 amide bonds. The highest BCUT2D eigenvalue weighted by Crippen LogP contribution is 2.20. The van der Waals surface area contributed by atoms with E-state index in [0.717, 1.165) is 25.7 Å². The van der Waals surface area contributed by atoms with Crippen LogP contribution in [0.2, 0.25) is 0 Å². The van der Waals surface area contributed by atoms with Gasteiger partial charge in [0.1, 0.15) is 0 Å². The third-order valence-corrected chi connectivity index (χ3v) is 3.54. The van der Waals surface area contributed by atoms with Crippen molar-refractivity contribution >= 4 is 11.9 Å². The van der Waals surface area contributed by atoms with Gasteiger partial charge in [-0.15, -0.1) is 0 Å². The molecular formula is C14H21NO3. The summed E-state index contributed by atoms with van der Waals surface area (Å²) in [6.07, 6.45) is 12.2. The Bertz CT molecular complexity index is 349. The minimum Gasteiger partial charge on any atom is -0.402 e. The minimum absolute atomic E-state index is 0.462. The Labute approximate surface area is 108 Å². The van der Waals surface area contributed by atoms with E-state index >= 15 is 0 Å². The molecular weight excluding hydrogens is 230 g/mol. The molecule has 2 heterocycles. The van der Waals surface area contributed by atoms with Crippen LogP contribution in [0.15, 0.2) is 12.0 Å². The highest BCUT2D eigenvalue weighted by Gasteiger charge is 2.35. The number of nitrogens with zero attached hydrogens (tertiary/aromatic N) is 1. The number of fused-ring (bicyclic) bond motifs is 1. The standard InChI is InChI=1S/C14H21NO3/c16-13-14(17)18-12-10-8-6-4-2-1-3-5-7-9-11-15(12)13/h10H,1-9,11H2. The average molecular weight is 251 g/mol. The molecule has 0 unspecified atom stereocenters. The zero-order chi connectivity index (χ0) is 12.8. The number of allylic oxidation sites excluding steroid dienone is 1. The van der Waals surface area contributed by atoms with Crippen molar-refractivity contribution in [3.05, 3.63) is 12.0 Å². The Hall–Kier alpha value is -1.32. The number of hydrogen-bond donors (Lipinski definition) is 0. The Morgan fingerprint density at radius 1 is 0.889 bits per heavy atom. The van der Waals surface area contributed by atoms with Crippen molar-refractivity contribution < 1.29 is 14.3 Å². The number of carbonyl (C=O) groups is 2. The minimum atomic E-state index is -0.728. The Balaban J connectivity index is 1.99. The van der Waals surface area contributed by atoms with Crippen molar-refractivity contribution in [2.75, 3.05) is 6.54 Å². The van der Waals surface area contributed by atoms with Gasteiger partial charge in [0.25, 0.3) is 0 Å². The fraction of sp³-hybridized carbons (Fsp3) is 0.714. The van der Waals surface area contributed by atoms with E-state index in [1.807, 2.05) is 6.08 Å². The number of amides is 1. The van der Waals surface area contributed by atoms with E-state index in [-0.39, 0.29) is 0 Å². The van der Waals surface area contributed by atoms with Crippen molar-refractivity contribution in [3.8, 4) is 0 Å². The van der Waals surface area contributed by atoms with Crippen molar-refractivity contribution in [2.24, 2.45) is 0 Å². The van der Waals surface area contributed by atoms with Gasteiger partial charge in [0, 0.05) is 6.54 Å². The molecule has 2 rings (SSSR count). The predicted octanol–water partition coefficient (Wildman–Crippen LogP) is 2.74. The summed E-state index contributed by atoms with van der Waals surface area (Å²) in [6, 6.07) is 0. The first-order chi connectivity index (χ1) is 8.79. The zero-order valence-corrected chi connectivity index (χ0v) is 10.8. The molecule has 4 nitrogen and oxygen atoms in total. The molecule has 0 atom stereocenters. The van der Waals surface area contributed by atoms with Gasteiger partial charge >= 0.3 is 11.9 Å². The van der Waals surface area contributed by atoms with Crippen LogP contribution in [0.4, 0.5) is 0 Å². The molecule has 2 aliphatic heterocycles. The molecule has 2 aliphatic rings. The second-order valence-corrected chi connectivity index (χ2v) is 5.01. The lowest BCUT2D eigenvalue weighted by atomic mass is 10.1. The lowest BCUT2D eigenvalue weighted by Crippen LogP contribution is -2.27. The van der Waals surface area contributed by atoms with Gasteiger partial charge in [0.15, 0.2) is 0 Å². The summed E-state index contributed by atoms with van der Waals surface area (Å²) in [5.41, 5.74) is 0. The third kappa shape index (κ3) is 3.34. The molecule has 0 aromatic heterocycles. The van der Waals surface area contributed by atoms with Crippen LogP contribution < -0.4 is 0 Å². The number of ether oxygens (including phenoxy) is 1. The van der Waals surface area contributed by atoms with E-state index in [4.69, 9.17) is 4.74 Å². The van der Waals surface area contributed by atoms with E-state index in [0.29, 0.717) is 12.4 Å². The smallest absolute Gasteiger partial charge is 0.402 e. The van der Waals surface area contributed by atoms with Gasteiger partial charge in [-0.25, -0.2) is 4.79 Å². The molecule has 0 N–H and O–H groups in total. The van der Waals surface area contributed by atoms with Crippen LogP contribution in [0.5, 0.6) is 0 Å². The zero-order valence-electron chi connectivity index (χ0n) is 10.8. The Morgan fingerprint density at radius 3 is 2.22 bits per heavy atom. The van der Waals surface area contributed by atoms with Crippen molar-refractivity contribution in [1.29, 1.82) is 0 Å². The average Bonchev–Trinajstić information content (AvgIpc) is 2.63. The first kappa shape index (κ1) is 13.1. The first-order valence-electron chi connectivity index (χ1n) is 7.03. The predicted molar refractivity (Wildman–Crippen MR) is 67.4 cm³/mol. The number of hydrogen-bond acceptors (Lipinski definition) is 3. The van der Waals surface area contributed by atoms with E-state index in [1.165, 1.54) is 37.0 Å². The van der Waals surface area contributed by atoms with E-state index in [9.17, 15) is 9.59 Å². The van der Waals surface area contributed by atoms with Crippen LogP contribution >= 0.6 is 0 Å². The first-order valence-corrected chi connectivity index (χ1v) is 7.03. The fourth-order valence-corrected chi connectivity index (χ4v) is 2.47. The summed E-state index contributed by atoms with van der Waals surface area (Å²) in [7, 11) is 0. The largest absolute Gasteiger partial charge is 0.404 e. The number of esters is 1. The lowest BCUT2D eigenvalue weighted by molar-refractivity contribution is -0.147. The maximum Gasteiger partial charge on any atom is 0.404 e. The summed E-state index contributed by atoms with van der Waals surface area (Å²) < 4.78 is 5.01. The van der Waals surface area contributed by atoms with Gasteiger partial charge in [0.2, 0.25) is 5.88 Å². The molecule has 1 fully saturated rings. The molecule has 0 spiro atoms. The lowest BCUT2D eigenvalue weighted by Gasteiger charge is -2.13. The molecule has 1 saturated heterocycles. The Kier molecular flexibility index (Phi) is 4.79. The molecule has 0 radical (unpaired) electrons. The fourth-order valence-electron chi connectivity index (χ4n) is 2.47.